The van der Waals surface area contributed by atoms with Gasteiger partial charge in [0.2, 0.25) is 0 Å². The van der Waals surface area contributed by atoms with Gasteiger partial charge in [0.25, 0.3) is 0 Å². The maximum absolute atomic E-state index is 13.5. The van der Waals surface area contributed by atoms with E-state index in [1.165, 1.54) is 0 Å². The van der Waals surface area contributed by atoms with Gasteiger partial charge in [0.15, 0.2) is 0 Å². The van der Waals surface area contributed by atoms with Crippen molar-refractivity contribution in [2.24, 2.45) is 0 Å². The monoisotopic (exact) mass is 240 g/mol. The minimum Gasteiger partial charge on any atom is -0.264 e. The van der Waals surface area contributed by atoms with Crippen molar-refractivity contribution in [1.82, 2.24) is 10.0 Å². The minimum absolute atomic E-state index is 0.106. The third-order valence-corrected chi connectivity index (χ3v) is 2.82. The van der Waals surface area contributed by atoms with Gasteiger partial charge in [-0.3, -0.25) is 4.79 Å². The highest BCUT2D eigenvalue weighted by Gasteiger charge is 2.11. The van der Waals surface area contributed by atoms with E-state index in [9.17, 15) is 9.28 Å². The number of hydrogen-bond donors (Lipinski definition) is 0. The fourth-order valence-electron chi connectivity index (χ4n) is 1.97. The molecule has 1 heterocycles. The molecule has 3 aromatic rings. The Bertz CT molecular complexity index is 766. The molecule has 0 radical (unpaired) electrons. The fourth-order valence-corrected chi connectivity index (χ4v) is 1.97. The lowest BCUT2D eigenvalue weighted by atomic mass is 10.1. The highest BCUT2D eigenvalue weighted by atomic mass is 19.2. The summed E-state index contributed by atoms with van der Waals surface area (Å²) >= 11 is 0. The van der Waals surface area contributed by atoms with Crippen molar-refractivity contribution in [2.45, 2.75) is 0 Å². The van der Waals surface area contributed by atoms with E-state index >= 15 is 0 Å². The first kappa shape index (κ1) is 10.7. The van der Waals surface area contributed by atoms with Crippen molar-refractivity contribution in [3.63, 3.8) is 0 Å². The van der Waals surface area contributed by atoms with Crippen LogP contribution in [0.2, 0.25) is 0 Å². The molecule has 0 amide bonds. The molecule has 0 saturated heterocycles. The molecule has 0 N–H and O–H groups in total. The summed E-state index contributed by atoms with van der Waals surface area (Å²) in [5.74, 6) is 0. The van der Waals surface area contributed by atoms with Crippen LogP contribution >= 0.6 is 0 Å². The molecule has 3 nitrogen and oxygen atoms in total. The van der Waals surface area contributed by atoms with Gasteiger partial charge < -0.3 is 0 Å². The largest absolute Gasteiger partial charge is 0.305 e. The van der Waals surface area contributed by atoms with Crippen molar-refractivity contribution in [1.29, 1.82) is 0 Å². The molecule has 88 valence electrons. The molecule has 0 fully saturated rings. The van der Waals surface area contributed by atoms with Crippen molar-refractivity contribution >= 4 is 10.8 Å². The molecule has 0 aliphatic carbocycles. The van der Waals surface area contributed by atoms with E-state index in [2.05, 4.69) is 5.10 Å². The van der Waals surface area contributed by atoms with Crippen molar-refractivity contribution in [2.75, 3.05) is 0 Å². The Morgan fingerprint density at radius 2 is 1.50 bits per heavy atom. The van der Waals surface area contributed by atoms with E-state index in [-0.39, 0.29) is 4.90 Å². The lowest BCUT2D eigenvalue weighted by Gasteiger charge is -2.05. The minimum atomic E-state index is -0.731. The van der Waals surface area contributed by atoms with Crippen LogP contribution in [0.5, 0.6) is 0 Å². The van der Waals surface area contributed by atoms with Gasteiger partial charge in [0, 0.05) is 10.9 Å². The van der Waals surface area contributed by atoms with E-state index < -0.39 is 5.56 Å². The predicted octanol–water partition coefficient (Wildman–Crippen LogP) is 2.80. The molecule has 0 aliphatic rings. The van der Waals surface area contributed by atoms with Crippen LogP contribution < -0.4 is 5.56 Å². The number of aromatic nitrogens is 2. The van der Waals surface area contributed by atoms with Crippen LogP contribution in [0, 0.1) is 0 Å². The van der Waals surface area contributed by atoms with Crippen LogP contribution in [0.4, 0.5) is 4.48 Å². The van der Waals surface area contributed by atoms with Crippen LogP contribution in [0.25, 0.3) is 22.0 Å². The Balaban J connectivity index is 2.44. The van der Waals surface area contributed by atoms with Gasteiger partial charge in [-0.2, -0.15) is 0 Å². The molecule has 2 aromatic carbocycles. The third kappa shape index (κ3) is 1.59. The summed E-state index contributed by atoms with van der Waals surface area (Å²) in [4.78, 5) is 11.5. The van der Waals surface area contributed by atoms with Crippen LogP contribution in [-0.2, 0) is 0 Å². The number of fused-ring (bicyclic) bond motifs is 1. The van der Waals surface area contributed by atoms with Crippen molar-refractivity contribution in [3.8, 4) is 11.3 Å². The van der Waals surface area contributed by atoms with E-state index in [1.54, 1.807) is 24.3 Å². The van der Waals surface area contributed by atoms with Crippen LogP contribution in [-0.4, -0.2) is 10.0 Å². The fraction of sp³-hybridized carbons (Fsp3) is 0. The van der Waals surface area contributed by atoms with Gasteiger partial charge in [-0.05, 0) is 6.07 Å². The highest BCUT2D eigenvalue weighted by Crippen LogP contribution is 2.23. The van der Waals surface area contributed by atoms with E-state index in [1.807, 2.05) is 30.3 Å². The molecular formula is C14H9FN2O. The van der Waals surface area contributed by atoms with Gasteiger partial charge in [0.05, 0.1) is 5.39 Å². The first-order chi connectivity index (χ1) is 8.77. The third-order valence-electron chi connectivity index (χ3n) is 2.82. The smallest absolute Gasteiger partial charge is 0.264 e. The normalized spacial score (nSPS) is 10.7. The molecule has 0 unspecified atom stereocenters. The Hall–Kier alpha value is -2.49. The second-order valence-corrected chi connectivity index (χ2v) is 3.93. The van der Waals surface area contributed by atoms with Crippen molar-refractivity contribution in [3.05, 3.63) is 65.0 Å². The van der Waals surface area contributed by atoms with Gasteiger partial charge in [-0.15, -0.1) is 5.10 Å². The molecule has 0 spiro atoms. The summed E-state index contributed by atoms with van der Waals surface area (Å²) in [6, 6.07) is 16.1. The predicted molar refractivity (Wildman–Crippen MR) is 67.9 cm³/mol. The zero-order valence-corrected chi connectivity index (χ0v) is 9.38. The van der Waals surface area contributed by atoms with Crippen LogP contribution in [0.15, 0.2) is 59.4 Å². The van der Waals surface area contributed by atoms with Crippen molar-refractivity contribution < 1.29 is 4.48 Å². The summed E-state index contributed by atoms with van der Waals surface area (Å²) in [5.41, 5.74) is 0.513. The Kier molecular flexibility index (Phi) is 2.41. The first-order valence-corrected chi connectivity index (χ1v) is 5.51. The average Bonchev–Trinajstić information content (AvgIpc) is 2.44. The maximum atomic E-state index is 13.5. The standard InChI is InChI=1S/C14H9FN2O/c15-17-14(18)12-9-5-4-8-11(12)13(16-17)10-6-2-1-3-7-10/h1-9H. The number of nitrogens with zero attached hydrogens (tertiary/aromatic N) is 2. The molecule has 4 heteroatoms. The van der Waals surface area contributed by atoms with Gasteiger partial charge >= 0.3 is 5.56 Å². The SMILES string of the molecule is O=c1c2ccccc2c(-c2ccccc2)nn1F. The Morgan fingerprint density at radius 1 is 0.889 bits per heavy atom. The highest BCUT2D eigenvalue weighted by molar-refractivity contribution is 5.93. The Morgan fingerprint density at radius 3 is 2.22 bits per heavy atom. The summed E-state index contributed by atoms with van der Waals surface area (Å²) in [6.45, 7) is 0. The summed E-state index contributed by atoms with van der Waals surface area (Å²) in [6.07, 6.45) is 0. The second-order valence-electron chi connectivity index (χ2n) is 3.93. The number of hydrogen-bond acceptors (Lipinski definition) is 2. The first-order valence-electron chi connectivity index (χ1n) is 5.51. The zero-order valence-electron chi connectivity index (χ0n) is 9.38. The summed E-state index contributed by atoms with van der Waals surface area (Å²) < 4.78 is 13.5. The second kappa shape index (κ2) is 4.07. The lowest BCUT2D eigenvalue weighted by Crippen LogP contribution is -2.17. The maximum Gasteiger partial charge on any atom is 0.305 e. The quantitative estimate of drug-likeness (QED) is 0.655. The number of halogens is 1. The molecule has 0 saturated carbocycles. The Labute approximate surface area is 102 Å². The summed E-state index contributed by atoms with van der Waals surface area (Å²) in [7, 11) is 0. The van der Waals surface area contributed by atoms with Gasteiger partial charge in [0.1, 0.15) is 5.69 Å². The molecule has 0 bridgehead atoms. The average molecular weight is 240 g/mol. The molecule has 18 heavy (non-hydrogen) atoms. The van der Waals surface area contributed by atoms with E-state index in [4.69, 9.17) is 0 Å². The topological polar surface area (TPSA) is 34.9 Å². The zero-order chi connectivity index (χ0) is 12.5. The van der Waals surface area contributed by atoms with Gasteiger partial charge in [-0.1, -0.05) is 57.9 Å². The van der Waals surface area contributed by atoms with Crippen LogP contribution in [0.1, 0.15) is 0 Å². The summed E-state index contributed by atoms with van der Waals surface area (Å²) in [5, 5.41) is 4.69. The van der Waals surface area contributed by atoms with E-state index in [0.717, 1.165) is 5.56 Å². The number of benzene rings is 2. The molecular weight excluding hydrogens is 231 g/mol. The number of rotatable bonds is 1. The van der Waals surface area contributed by atoms with Crippen LogP contribution in [0.3, 0.4) is 0 Å². The van der Waals surface area contributed by atoms with Gasteiger partial charge in [-0.25, -0.2) is 0 Å². The lowest BCUT2D eigenvalue weighted by molar-refractivity contribution is 0.300. The molecule has 3 rings (SSSR count). The molecule has 1 aromatic heterocycles. The van der Waals surface area contributed by atoms with E-state index in [0.29, 0.717) is 16.5 Å². The molecule has 0 atom stereocenters. The molecule has 0 aliphatic heterocycles.